The van der Waals surface area contributed by atoms with E-state index < -0.39 is 5.41 Å². The lowest BCUT2D eigenvalue weighted by atomic mass is 9.68. The maximum Gasteiger partial charge on any atom is 0.234 e. The summed E-state index contributed by atoms with van der Waals surface area (Å²) < 4.78 is 1.96. The Balaban J connectivity index is 1.14. The minimum Gasteiger partial charge on any atom is -0.291 e. The minimum atomic E-state index is -0.412. The van der Waals surface area contributed by atoms with Gasteiger partial charge in [-0.2, -0.15) is 0 Å². The average Bonchev–Trinajstić information content (AvgIpc) is 3.82. The number of rotatable bonds is 2. The van der Waals surface area contributed by atoms with Crippen LogP contribution in [0.25, 0.3) is 72.0 Å². The van der Waals surface area contributed by atoms with Gasteiger partial charge in [-0.1, -0.05) is 133 Å². The summed E-state index contributed by atoms with van der Waals surface area (Å²) in [5, 5.41) is 5.15. The highest BCUT2D eigenvalue weighted by molar-refractivity contribution is 6.09. The summed E-state index contributed by atoms with van der Waals surface area (Å²) in [5.74, 6) is 0.707. The van der Waals surface area contributed by atoms with Crippen LogP contribution in [0, 0.1) is 0 Å². The monoisotopic (exact) mass is 609 g/mol. The molecule has 222 valence electrons. The Morgan fingerprint density at radius 2 is 1.10 bits per heavy atom. The molecule has 3 heteroatoms. The molecular weight excluding hydrogens is 583 g/mol. The van der Waals surface area contributed by atoms with Crippen LogP contribution in [0.4, 0.5) is 0 Å². The molecule has 0 amide bonds. The fourth-order valence-corrected chi connectivity index (χ4v) is 8.74. The first-order chi connectivity index (χ1) is 23.8. The summed E-state index contributed by atoms with van der Waals surface area (Å²) in [6, 6.07) is 54.1. The Labute approximate surface area is 277 Å². The molecule has 7 aromatic carbocycles. The van der Waals surface area contributed by atoms with E-state index in [1.54, 1.807) is 6.20 Å². The topological polar surface area (TPSA) is 30.2 Å². The fraction of sp³-hybridized carbons (Fsp3) is 0.0222. The third-order valence-electron chi connectivity index (χ3n) is 10.7. The lowest BCUT2D eigenvalue weighted by Crippen LogP contribution is -2.26. The molecule has 0 unspecified atom stereocenters. The van der Waals surface area contributed by atoms with E-state index >= 15 is 0 Å². The minimum absolute atomic E-state index is 0.412. The first-order valence-corrected chi connectivity index (χ1v) is 16.5. The molecule has 3 nitrogen and oxygen atoms in total. The zero-order valence-corrected chi connectivity index (χ0v) is 25.9. The van der Waals surface area contributed by atoms with Crippen LogP contribution < -0.4 is 0 Å². The summed E-state index contributed by atoms with van der Waals surface area (Å²) in [5.41, 5.74) is 14.8. The van der Waals surface area contributed by atoms with Crippen molar-refractivity contribution in [2.75, 3.05) is 0 Å². The van der Waals surface area contributed by atoms with Crippen molar-refractivity contribution < 1.29 is 0 Å². The number of fused-ring (bicyclic) bond motifs is 15. The predicted molar refractivity (Wildman–Crippen MR) is 195 cm³/mol. The predicted octanol–water partition coefficient (Wildman–Crippen LogP) is 10.7. The van der Waals surface area contributed by atoms with Crippen molar-refractivity contribution in [3.8, 4) is 44.6 Å². The Kier molecular flexibility index (Phi) is 5.04. The number of hydrogen-bond donors (Lipinski definition) is 0. The van der Waals surface area contributed by atoms with E-state index in [9.17, 15) is 0 Å². The van der Waals surface area contributed by atoms with Gasteiger partial charge in [0.1, 0.15) is 0 Å². The SMILES string of the molecule is c1ccc2c(c1)-c1ccccc1C21c2c(ccc3ccccc23)-c2ccc3cc(-c4ccc(-c5cn6cccnc6n5)cc4)ccc3c21. The van der Waals surface area contributed by atoms with Gasteiger partial charge < -0.3 is 0 Å². The maximum atomic E-state index is 4.71. The second-order valence-electron chi connectivity index (χ2n) is 13.0. The van der Waals surface area contributed by atoms with Crippen LogP contribution in [0.2, 0.25) is 0 Å². The van der Waals surface area contributed by atoms with Gasteiger partial charge in [0.2, 0.25) is 5.78 Å². The molecule has 9 aromatic rings. The normalized spacial score (nSPS) is 13.6. The van der Waals surface area contributed by atoms with E-state index in [-0.39, 0.29) is 0 Å². The highest BCUT2D eigenvalue weighted by Crippen LogP contribution is 2.65. The molecule has 48 heavy (non-hydrogen) atoms. The van der Waals surface area contributed by atoms with E-state index in [0.29, 0.717) is 5.78 Å². The number of nitrogens with zero attached hydrogens (tertiary/aromatic N) is 3. The molecule has 1 spiro atoms. The third-order valence-corrected chi connectivity index (χ3v) is 10.7. The molecule has 0 saturated carbocycles. The van der Waals surface area contributed by atoms with Crippen LogP contribution in [-0.4, -0.2) is 14.4 Å². The van der Waals surface area contributed by atoms with Crippen molar-refractivity contribution in [1.29, 1.82) is 0 Å². The van der Waals surface area contributed by atoms with Gasteiger partial charge in [-0.15, -0.1) is 0 Å². The average molecular weight is 610 g/mol. The molecule has 0 aliphatic heterocycles. The van der Waals surface area contributed by atoms with Gasteiger partial charge in [0.15, 0.2) is 0 Å². The molecule has 0 radical (unpaired) electrons. The molecule has 11 rings (SSSR count). The van der Waals surface area contributed by atoms with E-state index in [4.69, 9.17) is 4.98 Å². The first kappa shape index (κ1) is 25.8. The molecule has 0 N–H and O–H groups in total. The third kappa shape index (κ3) is 3.27. The standard InChI is InChI=1S/C45H27N3/c1-2-9-33-29(8-1)18-22-37-38-23-20-32-26-31(28-14-16-30(17-15-28)41-27-48-25-7-24-46-44(48)47-41)19-21-34(32)43(38)45(42(33)37)39-12-5-3-10-35(39)36-11-4-6-13-40(36)45/h1-27H. The van der Waals surface area contributed by atoms with Crippen LogP contribution in [-0.2, 0) is 5.41 Å². The largest absolute Gasteiger partial charge is 0.291 e. The van der Waals surface area contributed by atoms with E-state index in [1.807, 2.05) is 22.9 Å². The van der Waals surface area contributed by atoms with Gasteiger partial charge in [-0.3, -0.25) is 4.40 Å². The zero-order valence-electron chi connectivity index (χ0n) is 25.9. The highest BCUT2D eigenvalue weighted by Gasteiger charge is 2.53. The highest BCUT2D eigenvalue weighted by atomic mass is 15.1. The molecule has 2 aromatic heterocycles. The second kappa shape index (κ2) is 9.37. The molecule has 2 aliphatic carbocycles. The fourth-order valence-electron chi connectivity index (χ4n) is 8.74. The van der Waals surface area contributed by atoms with Gasteiger partial charge >= 0.3 is 0 Å². The van der Waals surface area contributed by atoms with Crippen LogP contribution in [0.1, 0.15) is 22.3 Å². The van der Waals surface area contributed by atoms with E-state index in [1.165, 1.54) is 77.2 Å². The van der Waals surface area contributed by atoms with E-state index in [0.717, 1.165) is 11.3 Å². The summed E-state index contributed by atoms with van der Waals surface area (Å²) in [6.07, 6.45) is 5.79. The van der Waals surface area contributed by atoms with Gasteiger partial charge in [0.25, 0.3) is 0 Å². The van der Waals surface area contributed by atoms with Crippen molar-refractivity contribution in [3.63, 3.8) is 0 Å². The number of benzene rings is 7. The molecular formula is C45H27N3. The van der Waals surface area contributed by atoms with Crippen molar-refractivity contribution in [2.45, 2.75) is 5.41 Å². The Morgan fingerprint density at radius 3 is 1.85 bits per heavy atom. The molecule has 2 aliphatic rings. The van der Waals surface area contributed by atoms with Gasteiger partial charge in [0.05, 0.1) is 11.1 Å². The van der Waals surface area contributed by atoms with Crippen molar-refractivity contribution in [1.82, 2.24) is 14.4 Å². The molecule has 2 heterocycles. The van der Waals surface area contributed by atoms with Crippen LogP contribution in [0.15, 0.2) is 164 Å². The van der Waals surface area contributed by atoms with Crippen molar-refractivity contribution in [3.05, 3.63) is 186 Å². The molecule has 0 fully saturated rings. The summed E-state index contributed by atoms with van der Waals surface area (Å²) >= 11 is 0. The lowest BCUT2D eigenvalue weighted by molar-refractivity contribution is 0.809. The number of hydrogen-bond acceptors (Lipinski definition) is 2. The van der Waals surface area contributed by atoms with Crippen LogP contribution >= 0.6 is 0 Å². The van der Waals surface area contributed by atoms with E-state index in [2.05, 4.69) is 145 Å². The molecule has 0 bridgehead atoms. The summed E-state index contributed by atoms with van der Waals surface area (Å²) in [4.78, 5) is 9.09. The van der Waals surface area contributed by atoms with Crippen LogP contribution in [0.3, 0.4) is 0 Å². The van der Waals surface area contributed by atoms with Gasteiger partial charge in [-0.25, -0.2) is 9.97 Å². The Hall–Kier alpha value is -6.32. The zero-order chi connectivity index (χ0) is 31.4. The molecule has 0 atom stereocenters. The number of imidazole rings is 1. The van der Waals surface area contributed by atoms with Crippen LogP contribution in [0.5, 0.6) is 0 Å². The molecule has 0 saturated heterocycles. The van der Waals surface area contributed by atoms with Gasteiger partial charge in [-0.05, 0) is 89.3 Å². The Morgan fingerprint density at radius 1 is 0.479 bits per heavy atom. The van der Waals surface area contributed by atoms with Gasteiger partial charge in [0, 0.05) is 24.2 Å². The quantitative estimate of drug-likeness (QED) is 0.195. The summed E-state index contributed by atoms with van der Waals surface area (Å²) in [6.45, 7) is 0. The maximum absolute atomic E-state index is 4.71. The first-order valence-electron chi connectivity index (χ1n) is 16.5. The number of aromatic nitrogens is 3. The summed E-state index contributed by atoms with van der Waals surface area (Å²) in [7, 11) is 0. The smallest absolute Gasteiger partial charge is 0.234 e. The Bertz CT molecular complexity index is 2710. The van der Waals surface area contributed by atoms with Crippen molar-refractivity contribution in [2.24, 2.45) is 0 Å². The second-order valence-corrected chi connectivity index (χ2v) is 13.0. The lowest BCUT2D eigenvalue weighted by Gasteiger charge is -2.32. The van der Waals surface area contributed by atoms with Crippen molar-refractivity contribution >= 4 is 27.3 Å².